The molecule has 0 amide bonds. The number of fused-ring (bicyclic) bond motifs is 1. The summed E-state index contributed by atoms with van der Waals surface area (Å²) in [6.07, 6.45) is -1.47. The number of hydrogen-bond acceptors (Lipinski definition) is 6. The number of aromatic nitrogens is 1. The number of ether oxygens (including phenoxy) is 2. The third-order valence-electron chi connectivity index (χ3n) is 6.71. The summed E-state index contributed by atoms with van der Waals surface area (Å²) in [6.45, 7) is 1.41. The molecule has 3 aromatic carbocycles. The standard InChI is InChI=1S/C29H25F3N2O5S/c1-18-15-23(13-14-24(18)28(35)38-2)40(36,37)34(17-19-7-11-22(12-8-19)39-29(30,31)32)27-26(20-9-10-20)25-6-4-3-5-21(25)16-33-27/h3-8,11-16,20H,9-10,17H2,1-2H3. The van der Waals surface area contributed by atoms with Crippen molar-refractivity contribution in [1.82, 2.24) is 4.98 Å². The number of rotatable bonds is 8. The molecule has 0 aliphatic heterocycles. The minimum absolute atomic E-state index is 0.0635. The van der Waals surface area contributed by atoms with Crippen molar-refractivity contribution < 1.29 is 35.9 Å². The summed E-state index contributed by atoms with van der Waals surface area (Å²) in [7, 11) is -3.01. The molecule has 0 saturated heterocycles. The van der Waals surface area contributed by atoms with Gasteiger partial charge in [0.1, 0.15) is 11.6 Å². The molecule has 1 aliphatic carbocycles. The molecule has 1 aromatic heterocycles. The second kappa shape index (κ2) is 10.5. The largest absolute Gasteiger partial charge is 0.573 e. The molecule has 0 unspecified atom stereocenters. The van der Waals surface area contributed by atoms with Crippen LogP contribution in [0.1, 0.15) is 45.8 Å². The summed E-state index contributed by atoms with van der Waals surface area (Å²) < 4.78 is 76.3. The van der Waals surface area contributed by atoms with E-state index >= 15 is 0 Å². The van der Waals surface area contributed by atoms with E-state index in [2.05, 4.69) is 9.72 Å². The van der Waals surface area contributed by atoms with Gasteiger partial charge in [-0.1, -0.05) is 36.4 Å². The summed E-state index contributed by atoms with van der Waals surface area (Å²) in [6, 6.07) is 16.8. The smallest absolute Gasteiger partial charge is 0.465 e. The first-order valence-electron chi connectivity index (χ1n) is 12.4. The Morgan fingerprint density at radius 3 is 2.38 bits per heavy atom. The number of nitrogens with zero attached hydrogens (tertiary/aromatic N) is 2. The Kier molecular flexibility index (Phi) is 7.17. The van der Waals surface area contributed by atoms with Crippen LogP contribution >= 0.6 is 0 Å². The highest BCUT2D eigenvalue weighted by atomic mass is 32.2. The SMILES string of the molecule is COC(=O)c1ccc(S(=O)(=O)N(Cc2ccc(OC(F)(F)F)cc2)c2ncc3ccccc3c2C2CC2)cc1C. The fourth-order valence-electron chi connectivity index (χ4n) is 4.65. The van der Waals surface area contributed by atoms with Crippen LogP contribution in [0.4, 0.5) is 19.0 Å². The Morgan fingerprint density at radius 2 is 1.75 bits per heavy atom. The quantitative estimate of drug-likeness (QED) is 0.225. The summed E-state index contributed by atoms with van der Waals surface area (Å²) in [5.41, 5.74) is 1.88. The van der Waals surface area contributed by atoms with Crippen LogP contribution in [0, 0.1) is 6.92 Å². The van der Waals surface area contributed by atoms with E-state index in [1.165, 1.54) is 41.7 Å². The predicted molar refractivity (Wildman–Crippen MR) is 143 cm³/mol. The van der Waals surface area contributed by atoms with Crippen molar-refractivity contribution in [1.29, 1.82) is 0 Å². The van der Waals surface area contributed by atoms with Crippen LogP contribution in [0.25, 0.3) is 10.8 Å². The van der Waals surface area contributed by atoms with Crippen molar-refractivity contribution in [2.45, 2.75) is 43.5 Å². The van der Waals surface area contributed by atoms with Gasteiger partial charge in [0.05, 0.1) is 24.1 Å². The van der Waals surface area contributed by atoms with E-state index in [1.54, 1.807) is 13.1 Å². The lowest BCUT2D eigenvalue weighted by Gasteiger charge is -2.27. The van der Waals surface area contributed by atoms with Crippen molar-refractivity contribution >= 4 is 32.6 Å². The molecule has 5 rings (SSSR count). The van der Waals surface area contributed by atoms with Gasteiger partial charge in [0.2, 0.25) is 0 Å². The Bertz CT molecular complexity index is 1680. The Balaban J connectivity index is 1.63. The molecular weight excluding hydrogens is 545 g/mol. The number of hydrogen-bond donors (Lipinski definition) is 0. The summed E-state index contributed by atoms with van der Waals surface area (Å²) >= 11 is 0. The molecule has 0 atom stereocenters. The maximum atomic E-state index is 14.2. The van der Waals surface area contributed by atoms with Gasteiger partial charge in [-0.3, -0.25) is 0 Å². The van der Waals surface area contributed by atoms with E-state index in [4.69, 9.17) is 4.74 Å². The summed E-state index contributed by atoms with van der Waals surface area (Å²) in [4.78, 5) is 16.6. The first kappa shape index (κ1) is 27.4. The van der Waals surface area contributed by atoms with Gasteiger partial charge in [-0.05, 0) is 72.5 Å². The van der Waals surface area contributed by atoms with Crippen LogP contribution in [0.15, 0.2) is 77.8 Å². The van der Waals surface area contributed by atoms with Crippen molar-refractivity contribution in [2.75, 3.05) is 11.4 Å². The van der Waals surface area contributed by atoms with Crippen molar-refractivity contribution in [2.24, 2.45) is 0 Å². The van der Waals surface area contributed by atoms with Gasteiger partial charge < -0.3 is 9.47 Å². The molecule has 0 bridgehead atoms. The van der Waals surface area contributed by atoms with E-state index in [0.717, 1.165) is 41.3 Å². The van der Waals surface area contributed by atoms with Crippen LogP contribution in [0.3, 0.4) is 0 Å². The molecule has 4 aromatic rings. The van der Waals surface area contributed by atoms with Gasteiger partial charge in [-0.25, -0.2) is 22.5 Å². The van der Waals surface area contributed by atoms with E-state index in [-0.39, 0.29) is 28.7 Å². The van der Waals surface area contributed by atoms with Gasteiger partial charge in [0.25, 0.3) is 10.0 Å². The maximum Gasteiger partial charge on any atom is 0.573 e. The third-order valence-corrected chi connectivity index (χ3v) is 8.45. The number of sulfonamides is 1. The maximum absolute atomic E-state index is 14.2. The van der Waals surface area contributed by atoms with Crippen LogP contribution < -0.4 is 9.04 Å². The molecule has 1 aliphatic rings. The lowest BCUT2D eigenvalue weighted by molar-refractivity contribution is -0.274. The number of pyridine rings is 1. The molecule has 1 heterocycles. The first-order valence-corrected chi connectivity index (χ1v) is 13.9. The number of carbonyl (C=O) groups is 1. The van der Waals surface area contributed by atoms with E-state index < -0.39 is 28.1 Å². The Morgan fingerprint density at radius 1 is 1.05 bits per heavy atom. The number of alkyl halides is 3. The van der Waals surface area contributed by atoms with Gasteiger partial charge in [-0.15, -0.1) is 13.2 Å². The molecule has 1 saturated carbocycles. The lowest BCUT2D eigenvalue weighted by Crippen LogP contribution is -2.32. The molecular formula is C29H25F3N2O5S. The highest BCUT2D eigenvalue weighted by molar-refractivity contribution is 7.92. The monoisotopic (exact) mass is 570 g/mol. The highest BCUT2D eigenvalue weighted by Crippen LogP contribution is 2.48. The van der Waals surface area contributed by atoms with Gasteiger partial charge in [0.15, 0.2) is 0 Å². The zero-order valence-corrected chi connectivity index (χ0v) is 22.4. The number of anilines is 1. The van der Waals surface area contributed by atoms with Crippen LogP contribution in [-0.2, 0) is 21.3 Å². The molecule has 11 heteroatoms. The fraction of sp³-hybridized carbons (Fsp3) is 0.241. The molecule has 208 valence electrons. The third kappa shape index (κ3) is 5.60. The molecule has 7 nitrogen and oxygen atoms in total. The average molecular weight is 571 g/mol. The highest BCUT2D eigenvalue weighted by Gasteiger charge is 2.36. The number of benzene rings is 3. The topological polar surface area (TPSA) is 85.8 Å². The Hall–Kier alpha value is -4.12. The summed E-state index contributed by atoms with van der Waals surface area (Å²) in [5, 5.41) is 1.76. The summed E-state index contributed by atoms with van der Waals surface area (Å²) in [5.74, 6) is -0.627. The Labute approximate surface area is 229 Å². The average Bonchev–Trinajstić information content (AvgIpc) is 3.76. The molecule has 0 radical (unpaired) electrons. The minimum Gasteiger partial charge on any atom is -0.465 e. The normalized spacial score (nSPS) is 13.7. The number of esters is 1. The van der Waals surface area contributed by atoms with Crippen LogP contribution in [0.5, 0.6) is 5.75 Å². The molecule has 0 N–H and O–H groups in total. The van der Waals surface area contributed by atoms with Crippen molar-refractivity contribution in [3.8, 4) is 5.75 Å². The zero-order chi connectivity index (χ0) is 28.7. The van der Waals surface area contributed by atoms with E-state index in [0.29, 0.717) is 11.1 Å². The van der Waals surface area contributed by atoms with Gasteiger partial charge in [-0.2, -0.15) is 0 Å². The number of aryl methyl sites for hydroxylation is 1. The number of halogens is 3. The molecule has 40 heavy (non-hydrogen) atoms. The molecule has 1 fully saturated rings. The van der Waals surface area contributed by atoms with Crippen LogP contribution in [0.2, 0.25) is 0 Å². The minimum atomic E-state index is -4.85. The number of carbonyl (C=O) groups excluding carboxylic acids is 1. The first-order chi connectivity index (χ1) is 19.0. The van der Waals surface area contributed by atoms with E-state index in [9.17, 15) is 26.4 Å². The number of methoxy groups -OCH3 is 1. The van der Waals surface area contributed by atoms with Gasteiger partial charge >= 0.3 is 12.3 Å². The zero-order valence-electron chi connectivity index (χ0n) is 21.6. The van der Waals surface area contributed by atoms with Gasteiger partial charge in [0, 0.05) is 17.1 Å². The molecule has 0 spiro atoms. The van der Waals surface area contributed by atoms with E-state index in [1.807, 2.05) is 24.3 Å². The fourth-order valence-corrected chi connectivity index (χ4v) is 6.16. The van der Waals surface area contributed by atoms with Crippen LogP contribution in [-0.4, -0.2) is 32.8 Å². The predicted octanol–water partition coefficient (Wildman–Crippen LogP) is 6.50. The van der Waals surface area contributed by atoms with Crippen molar-refractivity contribution in [3.05, 3.63) is 95.2 Å². The second-order valence-electron chi connectivity index (χ2n) is 9.53. The lowest BCUT2D eigenvalue weighted by atomic mass is 10.0. The second-order valence-corrected chi connectivity index (χ2v) is 11.4. The van der Waals surface area contributed by atoms with Crippen molar-refractivity contribution in [3.63, 3.8) is 0 Å².